The van der Waals surface area contributed by atoms with Crippen LogP contribution in [0.4, 0.5) is 5.69 Å². The molecule has 0 bridgehead atoms. The SMILES string of the molecule is O=c1ncc(Cl)cn1COc1ccc([N+](=O)[O-])cc1. The molecule has 0 aliphatic carbocycles. The summed E-state index contributed by atoms with van der Waals surface area (Å²) in [5.74, 6) is 0.400. The number of rotatable bonds is 4. The molecule has 1 aromatic heterocycles. The Morgan fingerprint density at radius 1 is 1.37 bits per heavy atom. The Labute approximate surface area is 112 Å². The molecule has 1 heterocycles. The lowest BCUT2D eigenvalue weighted by Crippen LogP contribution is -2.24. The Kier molecular flexibility index (Phi) is 3.76. The van der Waals surface area contributed by atoms with E-state index in [0.717, 1.165) is 0 Å². The predicted octanol–water partition coefficient (Wildman–Crippen LogP) is 1.84. The molecule has 1 aromatic carbocycles. The van der Waals surface area contributed by atoms with Gasteiger partial charge >= 0.3 is 5.69 Å². The molecule has 2 aromatic rings. The van der Waals surface area contributed by atoms with Crippen LogP contribution in [0.1, 0.15) is 0 Å². The van der Waals surface area contributed by atoms with Gasteiger partial charge in [-0.1, -0.05) is 11.6 Å². The van der Waals surface area contributed by atoms with E-state index in [2.05, 4.69) is 4.98 Å². The van der Waals surface area contributed by atoms with E-state index >= 15 is 0 Å². The Bertz CT molecular complexity index is 654. The first-order valence-electron chi connectivity index (χ1n) is 5.15. The molecule has 2 rings (SSSR count). The second-order valence-corrected chi connectivity index (χ2v) is 3.99. The number of non-ortho nitro benzene ring substituents is 1. The highest BCUT2D eigenvalue weighted by molar-refractivity contribution is 6.30. The lowest BCUT2D eigenvalue weighted by molar-refractivity contribution is -0.384. The highest BCUT2D eigenvalue weighted by Crippen LogP contribution is 2.17. The number of aromatic nitrogens is 2. The molecule has 0 N–H and O–H groups in total. The van der Waals surface area contributed by atoms with E-state index in [-0.39, 0.29) is 12.4 Å². The van der Waals surface area contributed by atoms with Gasteiger partial charge in [-0.05, 0) is 12.1 Å². The van der Waals surface area contributed by atoms with Crippen molar-refractivity contribution < 1.29 is 9.66 Å². The lowest BCUT2D eigenvalue weighted by atomic mass is 10.3. The second-order valence-electron chi connectivity index (χ2n) is 3.55. The second kappa shape index (κ2) is 5.49. The molecule has 0 fully saturated rings. The number of ether oxygens (including phenoxy) is 1. The van der Waals surface area contributed by atoms with Gasteiger partial charge in [-0.2, -0.15) is 4.98 Å². The third-order valence-corrected chi connectivity index (χ3v) is 2.44. The first-order chi connectivity index (χ1) is 9.06. The number of nitro benzene ring substituents is 1. The van der Waals surface area contributed by atoms with Crippen LogP contribution in [-0.2, 0) is 6.73 Å². The molecule has 7 nitrogen and oxygen atoms in total. The van der Waals surface area contributed by atoms with Crippen LogP contribution in [-0.4, -0.2) is 14.5 Å². The van der Waals surface area contributed by atoms with Gasteiger partial charge in [0.1, 0.15) is 5.75 Å². The minimum absolute atomic E-state index is 0.0334. The Balaban J connectivity index is 2.08. The average Bonchev–Trinajstić information content (AvgIpc) is 2.40. The molecule has 19 heavy (non-hydrogen) atoms. The number of benzene rings is 1. The van der Waals surface area contributed by atoms with E-state index in [1.54, 1.807) is 0 Å². The third kappa shape index (κ3) is 3.29. The van der Waals surface area contributed by atoms with Crippen molar-refractivity contribution in [2.45, 2.75) is 6.73 Å². The summed E-state index contributed by atoms with van der Waals surface area (Å²) in [6.45, 7) is -0.0792. The summed E-state index contributed by atoms with van der Waals surface area (Å²) in [6.07, 6.45) is 2.63. The van der Waals surface area contributed by atoms with Crippen molar-refractivity contribution in [3.05, 3.63) is 62.3 Å². The first kappa shape index (κ1) is 13.0. The number of nitrogens with zero attached hydrogens (tertiary/aromatic N) is 3. The van der Waals surface area contributed by atoms with E-state index in [4.69, 9.17) is 16.3 Å². The smallest absolute Gasteiger partial charge is 0.350 e. The Morgan fingerprint density at radius 2 is 2.05 bits per heavy atom. The summed E-state index contributed by atoms with van der Waals surface area (Å²) in [5.41, 5.74) is -0.528. The van der Waals surface area contributed by atoms with Crippen molar-refractivity contribution in [2.24, 2.45) is 0 Å². The van der Waals surface area contributed by atoms with Gasteiger partial charge in [-0.15, -0.1) is 0 Å². The number of hydrogen-bond acceptors (Lipinski definition) is 5. The van der Waals surface area contributed by atoms with E-state index in [0.29, 0.717) is 10.8 Å². The van der Waals surface area contributed by atoms with Gasteiger partial charge in [-0.25, -0.2) is 4.79 Å². The topological polar surface area (TPSA) is 87.3 Å². The van der Waals surface area contributed by atoms with Gasteiger partial charge < -0.3 is 4.74 Å². The van der Waals surface area contributed by atoms with Crippen LogP contribution in [0.5, 0.6) is 5.75 Å². The minimum Gasteiger partial charge on any atom is -0.473 e. The molecule has 98 valence electrons. The van der Waals surface area contributed by atoms with E-state index in [9.17, 15) is 14.9 Å². The molecule has 0 amide bonds. The van der Waals surface area contributed by atoms with Crippen molar-refractivity contribution in [3.63, 3.8) is 0 Å². The van der Waals surface area contributed by atoms with E-state index in [1.807, 2.05) is 0 Å². The molecule has 0 spiro atoms. The maximum absolute atomic E-state index is 11.4. The quantitative estimate of drug-likeness (QED) is 0.630. The molecule has 0 aliphatic heterocycles. The molecule has 0 radical (unpaired) electrons. The molecular formula is C11H8ClN3O4. The highest BCUT2D eigenvalue weighted by atomic mass is 35.5. The summed E-state index contributed by atoms with van der Waals surface area (Å²) in [6, 6.07) is 5.52. The van der Waals surface area contributed by atoms with Crippen molar-refractivity contribution in [1.29, 1.82) is 0 Å². The normalized spacial score (nSPS) is 10.2. The largest absolute Gasteiger partial charge is 0.473 e. The van der Waals surface area contributed by atoms with Crippen LogP contribution in [0.15, 0.2) is 41.5 Å². The predicted molar refractivity (Wildman–Crippen MR) is 67.2 cm³/mol. The lowest BCUT2D eigenvalue weighted by Gasteiger charge is -2.07. The number of halogens is 1. The summed E-state index contributed by atoms with van der Waals surface area (Å²) >= 11 is 5.70. The summed E-state index contributed by atoms with van der Waals surface area (Å²) in [5, 5.41) is 10.8. The zero-order chi connectivity index (χ0) is 13.8. The number of hydrogen-bond donors (Lipinski definition) is 0. The molecular weight excluding hydrogens is 274 g/mol. The molecule has 0 aliphatic rings. The zero-order valence-corrected chi connectivity index (χ0v) is 10.3. The first-order valence-corrected chi connectivity index (χ1v) is 5.53. The molecule has 0 saturated heterocycles. The van der Waals surface area contributed by atoms with Crippen molar-refractivity contribution in [1.82, 2.24) is 9.55 Å². The fraction of sp³-hybridized carbons (Fsp3) is 0.0909. The maximum Gasteiger partial charge on any atom is 0.350 e. The summed E-state index contributed by atoms with van der Waals surface area (Å²) < 4.78 is 6.49. The zero-order valence-electron chi connectivity index (χ0n) is 9.52. The van der Waals surface area contributed by atoms with Gasteiger partial charge in [-0.3, -0.25) is 14.7 Å². The molecule has 0 atom stereocenters. The monoisotopic (exact) mass is 281 g/mol. The van der Waals surface area contributed by atoms with Crippen LogP contribution in [0.3, 0.4) is 0 Å². The Hall–Kier alpha value is -2.41. The van der Waals surface area contributed by atoms with E-state index < -0.39 is 10.6 Å². The molecule has 8 heteroatoms. The summed E-state index contributed by atoms with van der Waals surface area (Å²) in [4.78, 5) is 24.9. The van der Waals surface area contributed by atoms with Crippen molar-refractivity contribution in [2.75, 3.05) is 0 Å². The fourth-order valence-corrected chi connectivity index (χ4v) is 1.50. The van der Waals surface area contributed by atoms with Gasteiger partial charge in [0.15, 0.2) is 6.73 Å². The van der Waals surface area contributed by atoms with Crippen LogP contribution >= 0.6 is 11.6 Å². The van der Waals surface area contributed by atoms with Crippen molar-refractivity contribution in [3.8, 4) is 5.75 Å². The van der Waals surface area contributed by atoms with Gasteiger partial charge in [0, 0.05) is 18.3 Å². The van der Waals surface area contributed by atoms with Crippen molar-refractivity contribution >= 4 is 17.3 Å². The van der Waals surface area contributed by atoms with Gasteiger partial charge in [0.2, 0.25) is 0 Å². The molecule has 0 unspecified atom stereocenters. The van der Waals surface area contributed by atoms with Crippen LogP contribution < -0.4 is 10.4 Å². The maximum atomic E-state index is 11.4. The average molecular weight is 282 g/mol. The highest BCUT2D eigenvalue weighted by Gasteiger charge is 2.05. The standard InChI is InChI=1S/C11H8ClN3O4/c12-8-5-13-11(16)14(6-8)7-19-10-3-1-9(2-4-10)15(17)18/h1-6H,7H2. The third-order valence-electron chi connectivity index (χ3n) is 2.24. The fourth-order valence-electron chi connectivity index (χ4n) is 1.33. The van der Waals surface area contributed by atoms with Crippen LogP contribution in [0.25, 0.3) is 0 Å². The van der Waals surface area contributed by atoms with Gasteiger partial charge in [0.05, 0.1) is 16.1 Å². The van der Waals surface area contributed by atoms with Gasteiger partial charge in [0.25, 0.3) is 5.69 Å². The van der Waals surface area contributed by atoms with E-state index in [1.165, 1.54) is 41.2 Å². The minimum atomic E-state index is -0.505. The molecule has 0 saturated carbocycles. The van der Waals surface area contributed by atoms with Crippen LogP contribution in [0.2, 0.25) is 5.02 Å². The summed E-state index contributed by atoms with van der Waals surface area (Å²) in [7, 11) is 0. The van der Waals surface area contributed by atoms with Crippen LogP contribution in [0, 0.1) is 10.1 Å². The Morgan fingerprint density at radius 3 is 2.68 bits per heavy atom. The number of nitro groups is 1.